The molecule has 1 unspecified atom stereocenters. The Morgan fingerprint density at radius 2 is 1.72 bits per heavy atom. The van der Waals surface area contributed by atoms with Crippen molar-refractivity contribution in [2.45, 2.75) is 19.2 Å². The lowest BCUT2D eigenvalue weighted by Crippen LogP contribution is -1.98. The molecule has 2 aromatic rings. The van der Waals surface area contributed by atoms with Crippen LogP contribution in [0.1, 0.15) is 26.9 Å². The molecule has 1 heterocycles. The van der Waals surface area contributed by atoms with E-state index in [1.54, 1.807) is 6.92 Å². The molecule has 0 spiro atoms. The van der Waals surface area contributed by atoms with E-state index >= 15 is 0 Å². The summed E-state index contributed by atoms with van der Waals surface area (Å²) in [5.74, 6) is -1.21. The van der Waals surface area contributed by atoms with Gasteiger partial charge in [0, 0.05) is 16.5 Å². The van der Waals surface area contributed by atoms with Gasteiger partial charge in [-0.1, -0.05) is 11.6 Å². The van der Waals surface area contributed by atoms with Gasteiger partial charge in [-0.3, -0.25) is 0 Å². The van der Waals surface area contributed by atoms with Crippen molar-refractivity contribution in [2.24, 2.45) is 0 Å². The number of benzene rings is 1. The Kier molecular flexibility index (Phi) is 3.95. The molecule has 1 atom stereocenters. The van der Waals surface area contributed by atoms with Gasteiger partial charge in [-0.05, 0) is 37.1 Å². The van der Waals surface area contributed by atoms with Gasteiger partial charge in [0.25, 0.3) is 0 Å². The lowest BCUT2D eigenvalue weighted by Gasteiger charge is -2.10. The molecule has 1 aromatic carbocycles. The van der Waals surface area contributed by atoms with Crippen molar-refractivity contribution in [3.8, 4) is 0 Å². The summed E-state index contributed by atoms with van der Waals surface area (Å²) in [6.45, 7) is 3.44. The number of alkyl halides is 1. The van der Waals surface area contributed by atoms with E-state index < -0.39 is 17.0 Å². The number of aryl methyl sites for hydroxylation is 2. The van der Waals surface area contributed by atoms with Gasteiger partial charge < -0.3 is 0 Å². The third-order valence-corrected chi connectivity index (χ3v) is 4.90. The zero-order chi connectivity index (χ0) is 13.4. The van der Waals surface area contributed by atoms with Gasteiger partial charge in [-0.15, -0.1) is 22.9 Å². The molecule has 0 nitrogen and oxygen atoms in total. The van der Waals surface area contributed by atoms with E-state index in [1.807, 2.05) is 13.0 Å². The predicted molar refractivity (Wildman–Crippen MR) is 72.9 cm³/mol. The molecule has 1 aromatic heterocycles. The van der Waals surface area contributed by atoms with Crippen molar-refractivity contribution in [1.29, 1.82) is 0 Å². The summed E-state index contributed by atoms with van der Waals surface area (Å²) in [5.41, 5.74) is 1.55. The van der Waals surface area contributed by atoms with Crippen LogP contribution >= 0.6 is 34.5 Å². The minimum atomic E-state index is -0.652. The quantitative estimate of drug-likeness (QED) is 0.631. The first kappa shape index (κ1) is 13.8. The lowest BCUT2D eigenvalue weighted by atomic mass is 10.1. The molecule has 0 N–H and O–H groups in total. The predicted octanol–water partition coefficient (Wildman–Crippen LogP) is 5.62. The number of halogens is 4. The Morgan fingerprint density at radius 1 is 1.06 bits per heavy atom. The van der Waals surface area contributed by atoms with E-state index in [-0.39, 0.29) is 5.56 Å². The van der Waals surface area contributed by atoms with Crippen molar-refractivity contribution in [3.63, 3.8) is 0 Å². The molecule has 0 aliphatic heterocycles. The summed E-state index contributed by atoms with van der Waals surface area (Å²) in [5, 5.41) is -0.652. The summed E-state index contributed by atoms with van der Waals surface area (Å²) in [6, 6.07) is 4.12. The van der Waals surface area contributed by atoms with Crippen LogP contribution in [0.3, 0.4) is 0 Å². The third-order valence-electron chi connectivity index (χ3n) is 2.68. The number of rotatable bonds is 2. The molecule has 18 heavy (non-hydrogen) atoms. The molecular formula is C13H10Cl2F2S. The third kappa shape index (κ3) is 2.53. The molecule has 0 aliphatic carbocycles. The topological polar surface area (TPSA) is 0 Å². The molecule has 96 valence electrons. The molecule has 0 saturated heterocycles. The molecular weight excluding hydrogens is 297 g/mol. The smallest absolute Gasteiger partial charge is 0.131 e. The van der Waals surface area contributed by atoms with Gasteiger partial charge in [0.2, 0.25) is 0 Å². The first-order valence-corrected chi connectivity index (χ1v) is 6.88. The Morgan fingerprint density at radius 3 is 2.28 bits per heavy atom. The van der Waals surface area contributed by atoms with Crippen LogP contribution in [-0.2, 0) is 0 Å². The van der Waals surface area contributed by atoms with Crippen LogP contribution in [0.25, 0.3) is 0 Å². The maximum Gasteiger partial charge on any atom is 0.131 e. The van der Waals surface area contributed by atoms with Crippen molar-refractivity contribution in [3.05, 3.63) is 55.7 Å². The zero-order valence-corrected chi connectivity index (χ0v) is 12.1. The number of hydrogen-bond donors (Lipinski definition) is 0. The van der Waals surface area contributed by atoms with Gasteiger partial charge in [0.05, 0.1) is 9.71 Å². The van der Waals surface area contributed by atoms with Gasteiger partial charge in [-0.2, -0.15) is 0 Å². The van der Waals surface area contributed by atoms with E-state index in [0.717, 1.165) is 16.5 Å². The highest BCUT2D eigenvalue weighted by Gasteiger charge is 2.19. The molecule has 0 amide bonds. The molecule has 0 aliphatic rings. The van der Waals surface area contributed by atoms with Crippen molar-refractivity contribution >= 4 is 34.5 Å². The van der Waals surface area contributed by atoms with E-state index in [0.29, 0.717) is 9.90 Å². The SMILES string of the molecule is Cc1cc(C(Cl)c2cc(C)c(Cl)s2)c(F)cc1F. The first-order chi connectivity index (χ1) is 8.40. The van der Waals surface area contributed by atoms with E-state index in [1.165, 1.54) is 17.4 Å². The van der Waals surface area contributed by atoms with Crippen LogP contribution in [0, 0.1) is 25.5 Å². The van der Waals surface area contributed by atoms with Gasteiger partial charge >= 0.3 is 0 Å². The Labute approximate surface area is 118 Å². The fourth-order valence-electron chi connectivity index (χ4n) is 1.64. The second kappa shape index (κ2) is 5.16. The number of thiophene rings is 1. The lowest BCUT2D eigenvalue weighted by molar-refractivity contribution is 0.568. The number of hydrogen-bond acceptors (Lipinski definition) is 1. The van der Waals surface area contributed by atoms with Crippen LogP contribution in [0.4, 0.5) is 8.78 Å². The minimum absolute atomic E-state index is 0.272. The first-order valence-electron chi connectivity index (χ1n) is 5.25. The zero-order valence-electron chi connectivity index (χ0n) is 9.73. The Bertz CT molecular complexity index is 573. The highest BCUT2D eigenvalue weighted by atomic mass is 35.5. The van der Waals surface area contributed by atoms with E-state index in [9.17, 15) is 8.78 Å². The monoisotopic (exact) mass is 306 g/mol. The van der Waals surface area contributed by atoms with Crippen LogP contribution < -0.4 is 0 Å². The van der Waals surface area contributed by atoms with E-state index in [4.69, 9.17) is 23.2 Å². The van der Waals surface area contributed by atoms with Gasteiger partial charge in [0.1, 0.15) is 11.6 Å². The van der Waals surface area contributed by atoms with Crippen LogP contribution in [-0.4, -0.2) is 0 Å². The van der Waals surface area contributed by atoms with Gasteiger partial charge in [-0.25, -0.2) is 8.78 Å². The summed E-state index contributed by atoms with van der Waals surface area (Å²) in [7, 11) is 0. The molecule has 0 fully saturated rings. The average molecular weight is 307 g/mol. The van der Waals surface area contributed by atoms with Crippen LogP contribution in [0.2, 0.25) is 4.34 Å². The standard InChI is InChI=1S/C13H10Cl2F2S/c1-6-3-8(10(17)5-9(6)16)12(14)11-4-7(2)13(15)18-11/h3-5,12H,1-2H3. The summed E-state index contributed by atoms with van der Waals surface area (Å²) in [4.78, 5) is 0.754. The van der Waals surface area contributed by atoms with E-state index in [2.05, 4.69) is 0 Å². The maximum atomic E-state index is 13.7. The van der Waals surface area contributed by atoms with Crippen molar-refractivity contribution in [1.82, 2.24) is 0 Å². The largest absolute Gasteiger partial charge is 0.207 e. The average Bonchev–Trinajstić information content (AvgIpc) is 2.63. The fraction of sp³-hybridized carbons (Fsp3) is 0.231. The maximum absolute atomic E-state index is 13.7. The van der Waals surface area contributed by atoms with Crippen molar-refractivity contribution in [2.75, 3.05) is 0 Å². The molecule has 0 radical (unpaired) electrons. The second-order valence-corrected chi connectivity index (χ2v) is 6.21. The molecule has 2 rings (SSSR count). The minimum Gasteiger partial charge on any atom is -0.207 e. The highest BCUT2D eigenvalue weighted by molar-refractivity contribution is 7.16. The van der Waals surface area contributed by atoms with Gasteiger partial charge in [0.15, 0.2) is 0 Å². The van der Waals surface area contributed by atoms with Crippen LogP contribution in [0.15, 0.2) is 18.2 Å². The summed E-state index contributed by atoms with van der Waals surface area (Å²) >= 11 is 13.5. The summed E-state index contributed by atoms with van der Waals surface area (Å²) < 4.78 is 27.5. The van der Waals surface area contributed by atoms with Crippen LogP contribution in [0.5, 0.6) is 0 Å². The Hall–Kier alpha value is -0.640. The molecule has 0 saturated carbocycles. The normalized spacial score (nSPS) is 12.8. The fourth-order valence-corrected chi connectivity index (χ4v) is 3.21. The summed E-state index contributed by atoms with van der Waals surface area (Å²) in [6.07, 6.45) is 0. The second-order valence-electron chi connectivity index (χ2n) is 4.09. The Balaban J connectivity index is 2.45. The molecule has 5 heteroatoms. The van der Waals surface area contributed by atoms with Crippen molar-refractivity contribution < 1.29 is 8.78 Å². The highest BCUT2D eigenvalue weighted by Crippen LogP contribution is 2.39. The molecule has 0 bridgehead atoms.